The molecule has 14 heavy (non-hydrogen) atoms. The second-order valence-electron chi connectivity index (χ2n) is 4.02. The maximum Gasteiger partial charge on any atom is 0.0989 e. The SMILES string of the molecule is CC1(c2nc(CN)cs2)CCOCC1. The maximum atomic E-state index is 5.56. The van der Waals surface area contributed by atoms with E-state index in [1.165, 1.54) is 5.01 Å². The van der Waals surface area contributed by atoms with E-state index in [4.69, 9.17) is 10.5 Å². The van der Waals surface area contributed by atoms with Crippen molar-refractivity contribution in [2.45, 2.75) is 31.7 Å². The lowest BCUT2D eigenvalue weighted by Gasteiger charge is -2.31. The lowest BCUT2D eigenvalue weighted by Crippen LogP contribution is -2.30. The topological polar surface area (TPSA) is 48.1 Å². The van der Waals surface area contributed by atoms with Gasteiger partial charge < -0.3 is 10.5 Å². The lowest BCUT2D eigenvalue weighted by atomic mass is 9.83. The Morgan fingerprint density at radius 1 is 1.57 bits per heavy atom. The summed E-state index contributed by atoms with van der Waals surface area (Å²) >= 11 is 1.73. The molecule has 0 aromatic carbocycles. The molecule has 1 saturated heterocycles. The van der Waals surface area contributed by atoms with Gasteiger partial charge >= 0.3 is 0 Å². The van der Waals surface area contributed by atoms with Crippen molar-refractivity contribution in [1.82, 2.24) is 4.98 Å². The molecule has 1 aliphatic heterocycles. The molecule has 2 rings (SSSR count). The quantitative estimate of drug-likeness (QED) is 0.811. The fourth-order valence-electron chi connectivity index (χ4n) is 1.71. The van der Waals surface area contributed by atoms with Gasteiger partial charge in [-0.15, -0.1) is 11.3 Å². The first-order valence-corrected chi connectivity index (χ1v) is 5.85. The Balaban J connectivity index is 2.19. The van der Waals surface area contributed by atoms with Gasteiger partial charge in [-0.25, -0.2) is 4.98 Å². The van der Waals surface area contributed by atoms with E-state index < -0.39 is 0 Å². The van der Waals surface area contributed by atoms with Crippen molar-refractivity contribution < 1.29 is 4.74 Å². The standard InChI is InChI=1S/C10H16N2OS/c1-10(2-4-13-5-3-10)9-12-8(6-11)7-14-9/h7H,2-6,11H2,1H3. The van der Waals surface area contributed by atoms with Crippen LogP contribution in [0.3, 0.4) is 0 Å². The average Bonchev–Trinajstić information content (AvgIpc) is 2.67. The van der Waals surface area contributed by atoms with E-state index in [1.54, 1.807) is 11.3 Å². The Morgan fingerprint density at radius 2 is 2.29 bits per heavy atom. The molecule has 0 saturated carbocycles. The van der Waals surface area contributed by atoms with Crippen molar-refractivity contribution in [2.75, 3.05) is 13.2 Å². The van der Waals surface area contributed by atoms with Crippen LogP contribution in [0.25, 0.3) is 0 Å². The van der Waals surface area contributed by atoms with Crippen molar-refractivity contribution >= 4 is 11.3 Å². The molecule has 1 aromatic heterocycles. The summed E-state index contributed by atoms with van der Waals surface area (Å²) in [4.78, 5) is 4.56. The highest BCUT2D eigenvalue weighted by Crippen LogP contribution is 2.35. The Bertz CT molecular complexity index is 305. The molecule has 1 aliphatic rings. The van der Waals surface area contributed by atoms with Gasteiger partial charge in [-0.3, -0.25) is 0 Å². The minimum absolute atomic E-state index is 0.219. The monoisotopic (exact) mass is 212 g/mol. The summed E-state index contributed by atoms with van der Waals surface area (Å²) < 4.78 is 5.37. The third kappa shape index (κ3) is 1.82. The lowest BCUT2D eigenvalue weighted by molar-refractivity contribution is 0.0563. The summed E-state index contributed by atoms with van der Waals surface area (Å²) in [6.45, 7) is 4.53. The molecule has 0 radical (unpaired) electrons. The molecule has 0 atom stereocenters. The van der Waals surface area contributed by atoms with Crippen molar-refractivity contribution in [2.24, 2.45) is 5.73 Å². The van der Waals surface area contributed by atoms with Crippen LogP contribution in [0.15, 0.2) is 5.38 Å². The number of rotatable bonds is 2. The maximum absolute atomic E-state index is 5.56. The zero-order chi connectivity index (χ0) is 10.0. The first-order valence-electron chi connectivity index (χ1n) is 4.97. The molecular formula is C10H16N2OS. The van der Waals surface area contributed by atoms with Crippen molar-refractivity contribution in [3.05, 3.63) is 16.1 Å². The van der Waals surface area contributed by atoms with Crippen LogP contribution in [-0.4, -0.2) is 18.2 Å². The van der Waals surface area contributed by atoms with Crippen molar-refractivity contribution in [3.8, 4) is 0 Å². The number of hydrogen-bond acceptors (Lipinski definition) is 4. The minimum atomic E-state index is 0.219. The number of nitrogens with zero attached hydrogens (tertiary/aromatic N) is 1. The number of thiazole rings is 1. The van der Waals surface area contributed by atoms with Gasteiger partial charge in [0.05, 0.1) is 10.7 Å². The van der Waals surface area contributed by atoms with Gasteiger partial charge in [0.1, 0.15) is 0 Å². The van der Waals surface area contributed by atoms with Crippen LogP contribution in [0.4, 0.5) is 0 Å². The zero-order valence-corrected chi connectivity index (χ0v) is 9.27. The highest BCUT2D eigenvalue weighted by molar-refractivity contribution is 7.09. The molecule has 0 amide bonds. The molecule has 1 aromatic rings. The zero-order valence-electron chi connectivity index (χ0n) is 8.45. The Morgan fingerprint density at radius 3 is 2.86 bits per heavy atom. The van der Waals surface area contributed by atoms with Crippen LogP contribution in [0.2, 0.25) is 0 Å². The van der Waals surface area contributed by atoms with E-state index in [1.807, 2.05) is 0 Å². The second kappa shape index (κ2) is 3.96. The van der Waals surface area contributed by atoms with Crippen molar-refractivity contribution in [3.63, 3.8) is 0 Å². The van der Waals surface area contributed by atoms with Crippen LogP contribution in [-0.2, 0) is 16.7 Å². The fourth-order valence-corrected chi connectivity index (χ4v) is 2.77. The van der Waals surface area contributed by atoms with E-state index in [-0.39, 0.29) is 5.41 Å². The average molecular weight is 212 g/mol. The van der Waals surface area contributed by atoms with Gasteiger partial charge in [-0.1, -0.05) is 6.92 Å². The van der Waals surface area contributed by atoms with Crippen LogP contribution in [0.5, 0.6) is 0 Å². The van der Waals surface area contributed by atoms with E-state index in [0.717, 1.165) is 31.7 Å². The molecule has 3 nitrogen and oxygen atoms in total. The highest BCUT2D eigenvalue weighted by Gasteiger charge is 2.31. The summed E-state index contributed by atoms with van der Waals surface area (Å²) in [5.74, 6) is 0. The molecule has 78 valence electrons. The first kappa shape index (κ1) is 10.1. The first-order chi connectivity index (χ1) is 6.74. The molecule has 2 heterocycles. The summed E-state index contributed by atoms with van der Waals surface area (Å²) in [6.07, 6.45) is 2.15. The third-order valence-corrected chi connectivity index (χ3v) is 4.07. The molecule has 0 aliphatic carbocycles. The summed E-state index contributed by atoms with van der Waals surface area (Å²) in [5, 5.41) is 3.29. The Labute approximate surface area is 88.3 Å². The molecular weight excluding hydrogens is 196 g/mol. The van der Waals surface area contributed by atoms with Gasteiger partial charge in [0.15, 0.2) is 0 Å². The number of ether oxygens (including phenoxy) is 1. The normalized spacial score (nSPS) is 21.0. The summed E-state index contributed by atoms with van der Waals surface area (Å²) in [7, 11) is 0. The molecule has 0 bridgehead atoms. The van der Waals surface area contributed by atoms with Gasteiger partial charge in [0.25, 0.3) is 0 Å². The van der Waals surface area contributed by atoms with Crippen LogP contribution in [0, 0.1) is 0 Å². The minimum Gasteiger partial charge on any atom is -0.381 e. The number of nitrogens with two attached hydrogens (primary N) is 1. The summed E-state index contributed by atoms with van der Waals surface area (Å²) in [6, 6.07) is 0. The summed E-state index contributed by atoms with van der Waals surface area (Å²) in [5.41, 5.74) is 6.79. The van der Waals surface area contributed by atoms with E-state index in [9.17, 15) is 0 Å². The number of aromatic nitrogens is 1. The van der Waals surface area contributed by atoms with Crippen molar-refractivity contribution in [1.29, 1.82) is 0 Å². The fraction of sp³-hybridized carbons (Fsp3) is 0.700. The number of hydrogen-bond donors (Lipinski definition) is 1. The molecule has 2 N–H and O–H groups in total. The van der Waals surface area contributed by atoms with Gasteiger partial charge in [0, 0.05) is 30.6 Å². The predicted molar refractivity (Wildman–Crippen MR) is 57.4 cm³/mol. The van der Waals surface area contributed by atoms with Crippen LogP contribution in [0.1, 0.15) is 30.5 Å². The van der Waals surface area contributed by atoms with Gasteiger partial charge in [0.2, 0.25) is 0 Å². The van der Waals surface area contributed by atoms with E-state index in [2.05, 4.69) is 17.3 Å². The van der Waals surface area contributed by atoms with Gasteiger partial charge in [-0.2, -0.15) is 0 Å². The largest absolute Gasteiger partial charge is 0.381 e. The Kier molecular flexibility index (Phi) is 2.85. The molecule has 0 unspecified atom stereocenters. The van der Waals surface area contributed by atoms with Crippen LogP contribution >= 0.6 is 11.3 Å². The van der Waals surface area contributed by atoms with Crippen LogP contribution < -0.4 is 5.73 Å². The third-order valence-electron chi connectivity index (χ3n) is 2.87. The second-order valence-corrected chi connectivity index (χ2v) is 4.88. The smallest absolute Gasteiger partial charge is 0.0989 e. The van der Waals surface area contributed by atoms with E-state index >= 15 is 0 Å². The molecule has 0 spiro atoms. The van der Waals surface area contributed by atoms with E-state index in [0.29, 0.717) is 6.54 Å². The Hall–Kier alpha value is -0.450. The molecule has 1 fully saturated rings. The highest BCUT2D eigenvalue weighted by atomic mass is 32.1. The molecule has 4 heteroatoms. The predicted octanol–water partition coefficient (Wildman–Crippen LogP) is 1.67. The van der Waals surface area contributed by atoms with Gasteiger partial charge in [-0.05, 0) is 12.8 Å².